The number of benzene rings is 2. The highest BCUT2D eigenvalue weighted by molar-refractivity contribution is 5.94. The van der Waals surface area contributed by atoms with Gasteiger partial charge in [-0.2, -0.15) is 0 Å². The second kappa shape index (κ2) is 8.19. The summed E-state index contributed by atoms with van der Waals surface area (Å²) in [5, 5.41) is 3.29. The number of nitrogens with zero attached hydrogens (tertiary/aromatic N) is 2. The van der Waals surface area contributed by atoms with E-state index in [4.69, 9.17) is 0 Å². The van der Waals surface area contributed by atoms with Crippen molar-refractivity contribution in [2.24, 2.45) is 11.8 Å². The van der Waals surface area contributed by atoms with Crippen LogP contribution >= 0.6 is 0 Å². The van der Waals surface area contributed by atoms with Gasteiger partial charge in [0.2, 0.25) is 0 Å². The van der Waals surface area contributed by atoms with Gasteiger partial charge in [-0.15, -0.1) is 0 Å². The van der Waals surface area contributed by atoms with E-state index < -0.39 is 0 Å². The molecule has 4 heteroatoms. The van der Waals surface area contributed by atoms with E-state index in [1.807, 2.05) is 12.1 Å². The van der Waals surface area contributed by atoms with E-state index in [1.165, 1.54) is 36.9 Å². The van der Waals surface area contributed by atoms with Crippen molar-refractivity contribution in [3.63, 3.8) is 0 Å². The van der Waals surface area contributed by atoms with Crippen LogP contribution in [0.5, 0.6) is 0 Å². The molecule has 2 aromatic rings. The van der Waals surface area contributed by atoms with Crippen LogP contribution in [0.15, 0.2) is 54.6 Å². The average Bonchev–Trinajstić information content (AvgIpc) is 3.39. The number of rotatable bonds is 5. The van der Waals surface area contributed by atoms with Crippen molar-refractivity contribution >= 4 is 11.6 Å². The van der Waals surface area contributed by atoms with Crippen LogP contribution in [0.2, 0.25) is 0 Å². The van der Waals surface area contributed by atoms with E-state index >= 15 is 0 Å². The first-order chi connectivity index (χ1) is 14.2. The van der Waals surface area contributed by atoms with Gasteiger partial charge in [-0.1, -0.05) is 36.8 Å². The molecule has 29 heavy (non-hydrogen) atoms. The van der Waals surface area contributed by atoms with E-state index in [0.717, 1.165) is 50.1 Å². The van der Waals surface area contributed by atoms with Crippen molar-refractivity contribution in [3.8, 4) is 0 Å². The Morgan fingerprint density at radius 2 is 1.66 bits per heavy atom. The van der Waals surface area contributed by atoms with Gasteiger partial charge >= 0.3 is 0 Å². The van der Waals surface area contributed by atoms with Gasteiger partial charge < -0.3 is 10.2 Å². The van der Waals surface area contributed by atoms with Gasteiger partial charge in [0.25, 0.3) is 5.91 Å². The Bertz CT molecular complexity index is 827. The van der Waals surface area contributed by atoms with Gasteiger partial charge in [0.1, 0.15) is 0 Å². The second-order valence-electron chi connectivity index (χ2n) is 9.05. The predicted molar refractivity (Wildman–Crippen MR) is 117 cm³/mol. The molecule has 0 unspecified atom stereocenters. The maximum absolute atomic E-state index is 12.6. The Labute approximate surface area is 173 Å². The zero-order chi connectivity index (χ0) is 19.6. The summed E-state index contributed by atoms with van der Waals surface area (Å²) in [6, 6.07) is 19.3. The zero-order valence-corrected chi connectivity index (χ0v) is 17.1. The highest BCUT2D eigenvalue weighted by atomic mass is 16.1. The summed E-state index contributed by atoms with van der Waals surface area (Å²) in [7, 11) is 0. The summed E-state index contributed by atoms with van der Waals surface area (Å²) in [6.07, 6.45) is 5.17. The summed E-state index contributed by atoms with van der Waals surface area (Å²) in [4.78, 5) is 17.6. The first-order valence-electron chi connectivity index (χ1n) is 11.2. The predicted octanol–water partition coefficient (Wildman–Crippen LogP) is 3.93. The third kappa shape index (κ3) is 4.18. The van der Waals surface area contributed by atoms with Crippen molar-refractivity contribution in [3.05, 3.63) is 65.7 Å². The molecule has 2 aromatic carbocycles. The fourth-order valence-electron chi connectivity index (χ4n) is 5.50. The summed E-state index contributed by atoms with van der Waals surface area (Å²) >= 11 is 0. The lowest BCUT2D eigenvalue weighted by Crippen LogP contribution is -2.45. The molecule has 5 rings (SSSR count). The van der Waals surface area contributed by atoms with Crippen molar-refractivity contribution < 1.29 is 4.79 Å². The maximum atomic E-state index is 12.6. The molecular formula is C25H31N3O. The largest absolute Gasteiger partial charge is 0.369 e. The van der Waals surface area contributed by atoms with Crippen molar-refractivity contribution in [2.45, 2.75) is 38.3 Å². The first kappa shape index (κ1) is 18.7. The van der Waals surface area contributed by atoms with E-state index in [-0.39, 0.29) is 5.91 Å². The average molecular weight is 390 g/mol. The Morgan fingerprint density at radius 3 is 2.31 bits per heavy atom. The van der Waals surface area contributed by atoms with E-state index in [0.29, 0.717) is 6.04 Å². The highest BCUT2D eigenvalue weighted by Gasteiger charge is 2.40. The van der Waals surface area contributed by atoms with Gasteiger partial charge in [0.15, 0.2) is 0 Å². The second-order valence-corrected chi connectivity index (χ2v) is 9.05. The monoisotopic (exact) mass is 389 g/mol. The van der Waals surface area contributed by atoms with Gasteiger partial charge in [0.05, 0.1) is 0 Å². The van der Waals surface area contributed by atoms with E-state index in [2.05, 4.69) is 57.6 Å². The molecule has 152 valence electrons. The Kier molecular flexibility index (Phi) is 5.28. The van der Waals surface area contributed by atoms with Crippen LogP contribution in [-0.2, 0) is 6.54 Å². The Balaban J connectivity index is 1.12. The molecule has 0 aromatic heterocycles. The standard InChI is InChI=1S/C25H31N3O/c29-25(26-24-17-20-8-11-22(24)16-20)21-9-6-19(7-10-21)18-27-12-14-28(15-13-27)23-4-2-1-3-5-23/h1-7,9-10,20,22,24H,8,11-18H2,(H,26,29)/t20-,22-,24-/m1/s1. The van der Waals surface area contributed by atoms with Gasteiger partial charge in [-0.05, 0) is 60.9 Å². The number of nitrogens with one attached hydrogen (secondary N) is 1. The molecule has 3 aliphatic rings. The normalized spacial score (nSPS) is 26.6. The first-order valence-corrected chi connectivity index (χ1v) is 11.2. The molecule has 2 saturated carbocycles. The molecule has 4 nitrogen and oxygen atoms in total. The summed E-state index contributed by atoms with van der Waals surface area (Å²) < 4.78 is 0. The molecule has 2 aliphatic carbocycles. The minimum atomic E-state index is 0.102. The van der Waals surface area contributed by atoms with Crippen LogP contribution < -0.4 is 10.2 Å². The Morgan fingerprint density at radius 1 is 0.897 bits per heavy atom. The number of para-hydroxylation sites is 1. The lowest BCUT2D eigenvalue weighted by atomic mass is 9.95. The van der Waals surface area contributed by atoms with Crippen LogP contribution in [-0.4, -0.2) is 43.0 Å². The number of hydrogen-bond acceptors (Lipinski definition) is 3. The number of fused-ring (bicyclic) bond motifs is 2. The molecule has 1 amide bonds. The molecule has 3 atom stereocenters. The smallest absolute Gasteiger partial charge is 0.251 e. The number of carbonyl (C=O) groups excluding carboxylic acids is 1. The summed E-state index contributed by atoms with van der Waals surface area (Å²) in [5.41, 5.74) is 3.40. The van der Waals surface area contributed by atoms with Crippen LogP contribution in [0, 0.1) is 11.8 Å². The third-order valence-electron chi connectivity index (χ3n) is 7.17. The molecule has 1 heterocycles. The lowest BCUT2D eigenvalue weighted by Gasteiger charge is -2.36. The quantitative estimate of drug-likeness (QED) is 0.842. The number of carbonyl (C=O) groups is 1. The number of anilines is 1. The SMILES string of the molecule is O=C(N[C@@H]1C[C@@H]2CC[C@@H]1C2)c1ccc(CN2CCN(c3ccccc3)CC2)cc1. The third-order valence-corrected chi connectivity index (χ3v) is 7.17. The van der Waals surface area contributed by atoms with E-state index in [9.17, 15) is 4.79 Å². The van der Waals surface area contributed by atoms with Crippen LogP contribution in [0.4, 0.5) is 5.69 Å². The highest BCUT2D eigenvalue weighted by Crippen LogP contribution is 2.44. The Hall–Kier alpha value is -2.33. The molecule has 2 bridgehead atoms. The molecule has 1 aliphatic heterocycles. The minimum absolute atomic E-state index is 0.102. The molecule has 1 N–H and O–H groups in total. The van der Waals surface area contributed by atoms with E-state index in [1.54, 1.807) is 0 Å². The fraction of sp³-hybridized carbons (Fsp3) is 0.480. The van der Waals surface area contributed by atoms with Gasteiger partial charge in [-0.25, -0.2) is 0 Å². The summed E-state index contributed by atoms with van der Waals surface area (Å²) in [5.74, 6) is 1.68. The fourth-order valence-corrected chi connectivity index (χ4v) is 5.50. The van der Waals surface area contributed by atoms with Crippen molar-refractivity contribution in [1.29, 1.82) is 0 Å². The minimum Gasteiger partial charge on any atom is -0.369 e. The number of piperazine rings is 1. The van der Waals surface area contributed by atoms with Crippen LogP contribution in [0.25, 0.3) is 0 Å². The molecule has 0 spiro atoms. The van der Waals surface area contributed by atoms with Crippen molar-refractivity contribution in [2.75, 3.05) is 31.1 Å². The molecule has 1 saturated heterocycles. The zero-order valence-electron chi connectivity index (χ0n) is 17.1. The molecule has 0 radical (unpaired) electrons. The van der Waals surface area contributed by atoms with Crippen molar-refractivity contribution in [1.82, 2.24) is 10.2 Å². The molecular weight excluding hydrogens is 358 g/mol. The lowest BCUT2D eigenvalue weighted by molar-refractivity contribution is 0.0923. The topological polar surface area (TPSA) is 35.6 Å². The van der Waals surface area contributed by atoms with Gasteiger partial charge in [0, 0.05) is 50.0 Å². The van der Waals surface area contributed by atoms with Crippen LogP contribution in [0.3, 0.4) is 0 Å². The van der Waals surface area contributed by atoms with Crippen LogP contribution in [0.1, 0.15) is 41.6 Å². The maximum Gasteiger partial charge on any atom is 0.251 e. The van der Waals surface area contributed by atoms with Gasteiger partial charge in [-0.3, -0.25) is 9.69 Å². The molecule has 3 fully saturated rings. The number of amides is 1. The number of hydrogen-bond donors (Lipinski definition) is 1. The summed E-state index contributed by atoms with van der Waals surface area (Å²) in [6.45, 7) is 5.22.